The van der Waals surface area contributed by atoms with Crippen molar-refractivity contribution < 1.29 is 26.4 Å². The van der Waals surface area contributed by atoms with Gasteiger partial charge in [-0.2, -0.15) is 0 Å². The van der Waals surface area contributed by atoms with E-state index in [-0.39, 0.29) is 11.0 Å². The van der Waals surface area contributed by atoms with Gasteiger partial charge in [0.05, 0.1) is 5.03 Å². The second-order valence-corrected chi connectivity index (χ2v) is 12.5. The third-order valence-electron chi connectivity index (χ3n) is 8.23. The Balaban J connectivity index is 1.27. The number of fused-ring (bicyclic) bond motifs is 3. The second kappa shape index (κ2) is 3.14. The molecule has 1 unspecified atom stereocenters. The molecule has 0 aromatic heterocycles. The number of ether oxygens (including phenoxy) is 1. The van der Waals surface area contributed by atoms with Crippen LogP contribution in [0.1, 0.15) is 6.42 Å². The largest absolute Gasteiger partial charge is 0.320 e. The number of sulfonamides is 2. The number of halogens is 1. The summed E-state index contributed by atoms with van der Waals surface area (Å²) in [6, 6.07) is 0. The summed E-state index contributed by atoms with van der Waals surface area (Å²) < 4.78 is 56.5. The van der Waals surface area contributed by atoms with E-state index in [1.807, 2.05) is 0 Å². The van der Waals surface area contributed by atoms with E-state index in [1.165, 1.54) is 6.08 Å². The van der Waals surface area contributed by atoms with Gasteiger partial charge in [0.15, 0.2) is 5.72 Å². The molecule has 3 N–H and O–H groups in total. The van der Waals surface area contributed by atoms with Crippen molar-refractivity contribution in [1.29, 1.82) is 0 Å². The molecule has 1 spiro atoms. The van der Waals surface area contributed by atoms with E-state index in [0.717, 1.165) is 28.8 Å². The third kappa shape index (κ3) is 1.01. The zero-order valence-corrected chi connectivity index (χ0v) is 15.3. The maximum atomic E-state index is 13.2. The molecule has 3 aliphatic heterocycles. The van der Waals surface area contributed by atoms with Crippen molar-refractivity contribution in [2.24, 2.45) is 40.1 Å². The molecule has 5 aliphatic carbocycles. The maximum absolute atomic E-state index is 13.2. The van der Waals surface area contributed by atoms with Gasteiger partial charge in [-0.1, -0.05) is 11.6 Å². The molecule has 3 heterocycles. The third-order valence-corrected chi connectivity index (χ3v) is 11.7. The minimum absolute atomic E-state index is 0.111. The van der Waals surface area contributed by atoms with Gasteiger partial charge in [0, 0.05) is 5.92 Å². The first-order chi connectivity index (χ1) is 12.1. The summed E-state index contributed by atoms with van der Waals surface area (Å²) in [7, 11) is -8.31. The standard InChI is InChI=1S/C14H12ClN3O6S2/c15-6-2-11-12(23-11,3-7(6)25(16,19)20)26(21,22)18-14(17-11,24-18)9-5-1-4-8-10(9)13(4,5)8/h2-5,8-10,17H,1H2,(H2,16,19,20)/t4-,5+,8-,9-,10-,11+,12+,13+,14+,18?/m1/s1. The quantitative estimate of drug-likeness (QED) is 0.554. The molecule has 9 nitrogen and oxygen atoms in total. The van der Waals surface area contributed by atoms with Crippen molar-refractivity contribution >= 4 is 31.6 Å². The molecule has 0 amide bonds. The van der Waals surface area contributed by atoms with E-state index in [1.54, 1.807) is 0 Å². The summed E-state index contributed by atoms with van der Waals surface area (Å²) in [5, 5.41) is 8.23. The lowest BCUT2D eigenvalue weighted by Gasteiger charge is -2.56. The Bertz CT molecular complexity index is 1180. The molecule has 0 radical (unpaired) electrons. The summed E-state index contributed by atoms with van der Waals surface area (Å²) >= 11 is 6.09. The number of hydroxylamine groups is 1. The lowest BCUT2D eigenvalue weighted by molar-refractivity contribution is -0.118. The van der Waals surface area contributed by atoms with Crippen molar-refractivity contribution in [2.75, 3.05) is 0 Å². The van der Waals surface area contributed by atoms with Crippen molar-refractivity contribution in [1.82, 2.24) is 9.79 Å². The minimum Gasteiger partial charge on any atom is -0.320 e. The molecule has 4 saturated carbocycles. The van der Waals surface area contributed by atoms with E-state index < -0.39 is 41.5 Å². The first-order valence-electron chi connectivity index (χ1n) is 8.45. The zero-order chi connectivity index (χ0) is 17.9. The highest BCUT2D eigenvalue weighted by atomic mass is 35.5. The van der Waals surface area contributed by atoms with Crippen molar-refractivity contribution in [3.8, 4) is 0 Å². The summed E-state index contributed by atoms with van der Waals surface area (Å²) in [5.74, 6) is 1.64. The number of allylic oxidation sites excluding steroid dienone is 1. The van der Waals surface area contributed by atoms with Gasteiger partial charge in [-0.3, -0.25) is 0 Å². The highest BCUT2D eigenvalue weighted by Gasteiger charge is 3.07. The summed E-state index contributed by atoms with van der Waals surface area (Å²) in [6.45, 7) is 0. The average Bonchev–Trinajstić information content (AvgIpc) is 3.39. The number of nitrogens with two attached hydrogens (primary N) is 1. The molecule has 12 heteroatoms. The summed E-state index contributed by atoms with van der Waals surface area (Å²) in [6.07, 6.45) is 3.41. The van der Waals surface area contributed by atoms with Gasteiger partial charge in [0.1, 0.15) is 4.91 Å². The van der Waals surface area contributed by atoms with Crippen LogP contribution in [-0.2, 0) is 29.6 Å². The summed E-state index contributed by atoms with van der Waals surface area (Å²) in [5.41, 5.74) is -0.922. The number of rotatable bonds is 2. The molecule has 0 bridgehead atoms. The predicted molar refractivity (Wildman–Crippen MR) is 83.9 cm³/mol. The van der Waals surface area contributed by atoms with E-state index in [0.29, 0.717) is 17.3 Å². The number of primary sulfonamides is 1. The lowest BCUT2D eigenvalue weighted by atomic mass is 9.49. The highest BCUT2D eigenvalue weighted by molar-refractivity contribution is 7.93. The van der Waals surface area contributed by atoms with Crippen LogP contribution in [0.15, 0.2) is 22.1 Å². The first-order valence-corrected chi connectivity index (χ1v) is 11.8. The van der Waals surface area contributed by atoms with E-state index in [2.05, 4.69) is 5.32 Å². The number of nitrogens with zero attached hydrogens (tertiary/aromatic N) is 1. The smallest absolute Gasteiger partial charge is 0.279 e. The van der Waals surface area contributed by atoms with Gasteiger partial charge in [0.2, 0.25) is 15.9 Å². The van der Waals surface area contributed by atoms with Gasteiger partial charge in [-0.05, 0) is 52.1 Å². The fourth-order valence-electron chi connectivity index (χ4n) is 7.19. The van der Waals surface area contributed by atoms with Crippen LogP contribution in [0.25, 0.3) is 0 Å². The first kappa shape index (κ1) is 14.5. The Morgan fingerprint density at radius 1 is 1.27 bits per heavy atom. The molecular weight excluding hydrogens is 406 g/mol. The molecule has 8 aliphatic rings. The van der Waals surface area contributed by atoms with Crippen molar-refractivity contribution in [3.63, 3.8) is 0 Å². The molecule has 8 rings (SSSR count). The molecule has 3 saturated heterocycles. The van der Waals surface area contributed by atoms with Crippen LogP contribution in [0.5, 0.6) is 0 Å². The molecule has 138 valence electrons. The van der Waals surface area contributed by atoms with Crippen LogP contribution >= 0.6 is 11.6 Å². The average molecular weight is 418 g/mol. The number of nitrogens with one attached hydrogen (secondary N) is 1. The highest BCUT2D eigenvalue weighted by Crippen LogP contribution is 3.06. The SMILES string of the molecule is NS(=O)(=O)C1=C[C@@]23O[C@]2(C=C1Cl)N[C@]1([C@H]2[C@H]4[C@H]5[C@H]6C[C@@H]2[C@]456)ON1S3(=O)=O. The van der Waals surface area contributed by atoms with Gasteiger partial charge in [-0.25, -0.2) is 32.1 Å². The van der Waals surface area contributed by atoms with Gasteiger partial charge in [0.25, 0.3) is 15.0 Å². The molecule has 0 aromatic carbocycles. The predicted octanol–water partition coefficient (Wildman–Crippen LogP) is -0.936. The Morgan fingerprint density at radius 3 is 2.58 bits per heavy atom. The second-order valence-electron chi connectivity index (χ2n) is 8.72. The fourth-order valence-corrected chi connectivity index (χ4v) is 10.4. The molecular formula is C14H12ClN3O6S2. The van der Waals surface area contributed by atoms with Gasteiger partial charge < -0.3 is 4.74 Å². The molecule has 7 fully saturated rings. The molecule has 10 atom stereocenters. The normalized spacial score (nSPS) is 68.2. The van der Waals surface area contributed by atoms with Crippen LogP contribution in [0.2, 0.25) is 0 Å². The summed E-state index contributed by atoms with van der Waals surface area (Å²) in [4.78, 5) is 3.30. The topological polar surface area (TPSA) is 134 Å². The fraction of sp³-hybridized carbons (Fsp3) is 0.714. The van der Waals surface area contributed by atoms with Crippen LogP contribution < -0.4 is 10.5 Å². The van der Waals surface area contributed by atoms with Crippen molar-refractivity contribution in [2.45, 2.75) is 22.9 Å². The van der Waals surface area contributed by atoms with E-state index >= 15 is 0 Å². The number of hydrogen-bond donors (Lipinski definition) is 2. The Hall–Kier alpha value is -0.530. The Labute approximate surface area is 153 Å². The Morgan fingerprint density at radius 2 is 2.00 bits per heavy atom. The Kier molecular flexibility index (Phi) is 1.75. The van der Waals surface area contributed by atoms with Gasteiger partial charge in [-0.15, -0.1) is 0 Å². The molecule has 26 heavy (non-hydrogen) atoms. The van der Waals surface area contributed by atoms with E-state index in [4.69, 9.17) is 26.3 Å². The van der Waals surface area contributed by atoms with Gasteiger partial charge >= 0.3 is 0 Å². The minimum atomic E-state index is -4.20. The molecule has 0 aromatic rings. The van der Waals surface area contributed by atoms with Crippen LogP contribution in [0.4, 0.5) is 0 Å². The van der Waals surface area contributed by atoms with E-state index in [9.17, 15) is 16.8 Å². The monoisotopic (exact) mass is 417 g/mol. The lowest BCUT2D eigenvalue weighted by Crippen LogP contribution is -2.67. The number of epoxide rings is 1. The zero-order valence-electron chi connectivity index (χ0n) is 12.9. The number of hydrogen-bond acceptors (Lipinski definition) is 7. The van der Waals surface area contributed by atoms with Crippen LogP contribution in [-0.4, -0.2) is 37.8 Å². The van der Waals surface area contributed by atoms with Crippen molar-refractivity contribution in [3.05, 3.63) is 22.1 Å². The van der Waals surface area contributed by atoms with Crippen LogP contribution in [0.3, 0.4) is 0 Å². The maximum Gasteiger partial charge on any atom is 0.279 e. The van der Waals surface area contributed by atoms with Crippen LogP contribution in [0, 0.1) is 35.0 Å².